The molecule has 0 saturated carbocycles. The van der Waals surface area contributed by atoms with Gasteiger partial charge in [0.05, 0.1) is 0 Å². The van der Waals surface area contributed by atoms with Gasteiger partial charge in [0, 0.05) is 32.7 Å². The minimum atomic E-state index is 0. The molecule has 0 fully saturated rings. The number of rotatable bonds is 0. The molecule has 1 radical (unpaired) electrons. The Morgan fingerprint density at radius 2 is 2.00 bits per heavy atom. The van der Waals surface area contributed by atoms with Crippen molar-refractivity contribution in [3.63, 3.8) is 0 Å². The number of hydrogen-bond donors (Lipinski definition) is 1. The summed E-state index contributed by atoms with van der Waals surface area (Å²) in [7, 11) is 0. The molecule has 0 aromatic heterocycles. The molecular weight excluding hydrogens is 249 g/mol. The summed E-state index contributed by atoms with van der Waals surface area (Å²) in [6, 6.07) is 6.30. The van der Waals surface area contributed by atoms with Gasteiger partial charge in [0.2, 0.25) is 0 Å². The van der Waals surface area contributed by atoms with E-state index in [1.807, 2.05) is 19.1 Å². The molecular formula is C11H14N2Y-2. The van der Waals surface area contributed by atoms with Crippen LogP contribution < -0.4 is 0 Å². The first kappa shape index (κ1) is 13.8. The molecule has 1 aromatic carbocycles. The van der Waals surface area contributed by atoms with E-state index in [4.69, 9.17) is 5.41 Å². The first-order valence-corrected chi connectivity index (χ1v) is 4.09. The van der Waals surface area contributed by atoms with Gasteiger partial charge in [0.15, 0.2) is 0 Å². The van der Waals surface area contributed by atoms with Crippen molar-refractivity contribution in [3.8, 4) is 0 Å². The van der Waals surface area contributed by atoms with Crippen LogP contribution >= 0.6 is 0 Å². The molecule has 1 aliphatic heterocycles. The number of nitrogens with one attached hydrogen (secondary N) is 1. The van der Waals surface area contributed by atoms with Crippen LogP contribution in [0.5, 0.6) is 0 Å². The Balaban J connectivity index is 0.000000845. The second-order valence-corrected chi connectivity index (χ2v) is 3.24. The van der Waals surface area contributed by atoms with Gasteiger partial charge in [-0.15, -0.1) is 0 Å². The minimum absolute atomic E-state index is 0. The van der Waals surface area contributed by atoms with Crippen molar-refractivity contribution in [3.05, 3.63) is 47.6 Å². The third-order valence-electron chi connectivity index (χ3n) is 2.24. The van der Waals surface area contributed by atoms with Crippen LogP contribution in [0.15, 0.2) is 18.2 Å². The van der Waals surface area contributed by atoms with Crippen LogP contribution in [0, 0.1) is 19.8 Å². The fourth-order valence-corrected chi connectivity index (χ4v) is 1.58. The minimum Gasteiger partial charge on any atom is -0.482 e. The smallest absolute Gasteiger partial charge is 0 e. The number of fused-ring (bicyclic) bond motifs is 1. The fourth-order valence-electron chi connectivity index (χ4n) is 1.58. The standard InChI is InChI=1S/C10H11N2.CH3.Y/c1-6-3-4-8-9(5-6)7(2)12-10(8)11;;/h3-5,7H,1-2H3,(H-,11,12);1H3;/q2*-1;. The van der Waals surface area contributed by atoms with Crippen LogP contribution in [-0.4, -0.2) is 5.84 Å². The summed E-state index contributed by atoms with van der Waals surface area (Å²) in [6.07, 6.45) is 0. The zero-order valence-electron chi connectivity index (χ0n) is 8.83. The molecule has 73 valence electrons. The first-order chi connectivity index (χ1) is 5.68. The van der Waals surface area contributed by atoms with Crippen LogP contribution in [0.3, 0.4) is 0 Å². The molecule has 1 N–H and O–H groups in total. The van der Waals surface area contributed by atoms with Gasteiger partial charge >= 0.3 is 0 Å². The second kappa shape index (κ2) is 5.04. The topological polar surface area (TPSA) is 38.0 Å². The fraction of sp³-hybridized carbons (Fsp3) is 0.273. The Morgan fingerprint density at radius 1 is 1.36 bits per heavy atom. The largest absolute Gasteiger partial charge is 0.482 e. The van der Waals surface area contributed by atoms with Crippen LogP contribution in [0.4, 0.5) is 0 Å². The molecule has 2 nitrogen and oxygen atoms in total. The molecule has 0 aliphatic carbocycles. The molecule has 3 heteroatoms. The number of hydrogen-bond acceptors (Lipinski definition) is 1. The van der Waals surface area contributed by atoms with E-state index in [0.717, 1.165) is 5.56 Å². The molecule has 1 aromatic rings. The third-order valence-corrected chi connectivity index (χ3v) is 2.24. The summed E-state index contributed by atoms with van der Waals surface area (Å²) in [5.41, 5.74) is 3.43. The SMILES string of the molecule is Cc1ccc2c(c1)C(C)[N-]C2=N.[CH3-].[Y]. The van der Waals surface area contributed by atoms with E-state index >= 15 is 0 Å². The number of benzene rings is 1. The summed E-state index contributed by atoms with van der Waals surface area (Å²) in [5, 5.41) is 11.7. The quantitative estimate of drug-likeness (QED) is 0.698. The zero-order chi connectivity index (χ0) is 8.72. The maximum atomic E-state index is 7.56. The van der Waals surface area contributed by atoms with E-state index in [2.05, 4.69) is 18.3 Å². The number of amidine groups is 1. The van der Waals surface area contributed by atoms with Crippen molar-refractivity contribution in [2.24, 2.45) is 0 Å². The Hall–Kier alpha value is -0.206. The van der Waals surface area contributed by atoms with Gasteiger partial charge in [0.1, 0.15) is 0 Å². The summed E-state index contributed by atoms with van der Waals surface area (Å²) >= 11 is 0. The van der Waals surface area contributed by atoms with Crippen molar-refractivity contribution in [1.82, 2.24) is 0 Å². The van der Waals surface area contributed by atoms with E-state index < -0.39 is 0 Å². The average molecular weight is 263 g/mol. The first-order valence-electron chi connectivity index (χ1n) is 4.09. The van der Waals surface area contributed by atoms with Crippen LogP contribution in [0.25, 0.3) is 5.32 Å². The van der Waals surface area contributed by atoms with Crippen molar-refractivity contribution in [2.75, 3.05) is 0 Å². The van der Waals surface area contributed by atoms with E-state index in [-0.39, 0.29) is 46.2 Å². The van der Waals surface area contributed by atoms with Gasteiger partial charge in [-0.05, 0) is 24.1 Å². The van der Waals surface area contributed by atoms with E-state index in [0.29, 0.717) is 5.84 Å². The molecule has 1 heterocycles. The van der Waals surface area contributed by atoms with Gasteiger partial charge in [-0.1, -0.05) is 36.5 Å². The van der Waals surface area contributed by atoms with E-state index in [9.17, 15) is 0 Å². The maximum absolute atomic E-state index is 7.56. The summed E-state index contributed by atoms with van der Waals surface area (Å²) in [6.45, 7) is 4.09. The molecule has 2 rings (SSSR count). The average Bonchev–Trinajstić information content (AvgIpc) is 2.28. The molecule has 1 unspecified atom stereocenters. The van der Waals surface area contributed by atoms with Crippen molar-refractivity contribution in [1.29, 1.82) is 5.41 Å². The predicted molar refractivity (Wildman–Crippen MR) is 56.2 cm³/mol. The molecule has 14 heavy (non-hydrogen) atoms. The second-order valence-electron chi connectivity index (χ2n) is 3.24. The Kier molecular flexibility index (Phi) is 4.96. The van der Waals surface area contributed by atoms with Crippen molar-refractivity contribution < 1.29 is 32.7 Å². The monoisotopic (exact) mass is 263 g/mol. The summed E-state index contributed by atoms with van der Waals surface area (Å²) in [5.74, 6) is 0.428. The van der Waals surface area contributed by atoms with Gasteiger partial charge in [0.25, 0.3) is 0 Å². The van der Waals surface area contributed by atoms with Gasteiger partial charge in [-0.25, -0.2) is 0 Å². The van der Waals surface area contributed by atoms with Crippen LogP contribution in [0.1, 0.15) is 29.7 Å². The normalized spacial score (nSPS) is 17.6. The molecule has 0 spiro atoms. The Bertz CT molecular complexity index is 347. The van der Waals surface area contributed by atoms with E-state index in [1.165, 1.54) is 11.1 Å². The van der Waals surface area contributed by atoms with Crippen molar-refractivity contribution >= 4 is 5.84 Å². The van der Waals surface area contributed by atoms with Gasteiger partial charge in [-0.3, -0.25) is 0 Å². The van der Waals surface area contributed by atoms with Crippen molar-refractivity contribution in [2.45, 2.75) is 19.9 Å². The predicted octanol–water partition coefficient (Wildman–Crippen LogP) is 3.22. The van der Waals surface area contributed by atoms with Gasteiger partial charge < -0.3 is 18.2 Å². The molecule has 1 atom stereocenters. The maximum Gasteiger partial charge on any atom is 0 e. The van der Waals surface area contributed by atoms with Crippen LogP contribution in [-0.2, 0) is 32.7 Å². The number of nitrogens with zero attached hydrogens (tertiary/aromatic N) is 1. The zero-order valence-corrected chi connectivity index (χ0v) is 11.7. The summed E-state index contributed by atoms with van der Waals surface area (Å²) in [4.78, 5) is 0. The van der Waals surface area contributed by atoms with E-state index in [1.54, 1.807) is 0 Å². The Labute approximate surface area is 111 Å². The number of aryl methyl sites for hydroxylation is 1. The molecule has 0 amide bonds. The third kappa shape index (κ3) is 2.24. The van der Waals surface area contributed by atoms with Crippen LogP contribution in [0.2, 0.25) is 0 Å². The molecule has 1 aliphatic rings. The molecule has 0 bridgehead atoms. The summed E-state index contributed by atoms with van der Waals surface area (Å²) < 4.78 is 0. The van der Waals surface area contributed by atoms with Gasteiger partial charge in [-0.2, -0.15) is 0 Å². The Morgan fingerprint density at radius 3 is 2.64 bits per heavy atom. The molecule has 0 saturated heterocycles.